The number of carbonyl (C=O) groups excluding carboxylic acids is 2. The SMILES string of the molecule is Cc1nc2ccc(C(O)(c3cncn3C)C3CCN(C(=O)OC(C)(C)C)CC3)cc2c(C(F)(F)F)c1C(=O)N1CCCCC1. The number of piperidine rings is 2. The number of ether oxygens (including phenoxy) is 1. The van der Waals surface area contributed by atoms with Crippen LogP contribution in [0, 0.1) is 12.8 Å². The molecule has 1 atom stereocenters. The van der Waals surface area contributed by atoms with E-state index in [1.54, 1.807) is 43.4 Å². The van der Waals surface area contributed by atoms with E-state index in [1.165, 1.54) is 36.5 Å². The van der Waals surface area contributed by atoms with Crippen LogP contribution >= 0.6 is 0 Å². The molecule has 2 aliphatic heterocycles. The number of aromatic nitrogens is 3. The number of carbonyl (C=O) groups is 2. The number of pyridine rings is 1. The fourth-order valence-electron chi connectivity index (χ4n) is 6.56. The van der Waals surface area contributed by atoms with Crippen molar-refractivity contribution in [3.8, 4) is 0 Å². The highest BCUT2D eigenvalue weighted by Crippen LogP contribution is 2.45. The Hall–Kier alpha value is -3.67. The molecule has 1 N–H and O–H groups in total. The van der Waals surface area contributed by atoms with E-state index in [1.807, 2.05) is 0 Å². The molecule has 0 radical (unpaired) electrons. The second-order valence-electron chi connectivity index (χ2n) is 12.9. The third-order valence-corrected chi connectivity index (χ3v) is 8.69. The van der Waals surface area contributed by atoms with Crippen LogP contribution in [0.5, 0.6) is 0 Å². The summed E-state index contributed by atoms with van der Waals surface area (Å²) >= 11 is 0. The van der Waals surface area contributed by atoms with Crippen molar-refractivity contribution in [2.45, 2.75) is 77.2 Å². The van der Waals surface area contributed by atoms with Gasteiger partial charge in [0.25, 0.3) is 5.91 Å². The molecule has 4 heterocycles. The van der Waals surface area contributed by atoms with Crippen LogP contribution in [0.4, 0.5) is 18.0 Å². The van der Waals surface area contributed by atoms with E-state index in [2.05, 4.69) is 9.97 Å². The number of imidazole rings is 1. The molecule has 2 aromatic heterocycles. The zero-order chi connectivity index (χ0) is 32.0. The summed E-state index contributed by atoms with van der Waals surface area (Å²) < 4.78 is 51.9. The van der Waals surface area contributed by atoms with Gasteiger partial charge in [-0.05, 0) is 77.5 Å². The van der Waals surface area contributed by atoms with Gasteiger partial charge in [0, 0.05) is 44.5 Å². The minimum atomic E-state index is -4.85. The van der Waals surface area contributed by atoms with E-state index in [9.17, 15) is 27.9 Å². The first-order valence-electron chi connectivity index (χ1n) is 15.1. The van der Waals surface area contributed by atoms with E-state index in [-0.39, 0.29) is 22.2 Å². The Bertz CT molecular complexity index is 1550. The van der Waals surface area contributed by atoms with Crippen LogP contribution in [-0.4, -0.2) is 73.2 Å². The number of halogens is 3. The average Bonchev–Trinajstić information content (AvgIpc) is 3.40. The fraction of sp³-hybridized carbons (Fsp3) is 0.562. The highest BCUT2D eigenvalue weighted by Gasteiger charge is 2.46. The molecule has 0 bridgehead atoms. The molecule has 0 aliphatic carbocycles. The zero-order valence-corrected chi connectivity index (χ0v) is 25.9. The number of amides is 2. The van der Waals surface area contributed by atoms with Crippen LogP contribution < -0.4 is 0 Å². The molecular weight excluding hydrogens is 575 g/mol. The number of fused-ring (bicyclic) bond motifs is 1. The smallest absolute Gasteiger partial charge is 0.417 e. The molecule has 0 spiro atoms. The zero-order valence-electron chi connectivity index (χ0n) is 25.9. The molecule has 1 aromatic carbocycles. The lowest BCUT2D eigenvalue weighted by Gasteiger charge is -2.42. The fourth-order valence-corrected chi connectivity index (χ4v) is 6.56. The normalized spacial score (nSPS) is 18.4. The molecule has 12 heteroatoms. The number of nitrogens with zero attached hydrogens (tertiary/aromatic N) is 5. The Balaban J connectivity index is 1.61. The van der Waals surface area contributed by atoms with Crippen LogP contribution in [0.15, 0.2) is 30.7 Å². The second-order valence-corrected chi connectivity index (χ2v) is 12.9. The summed E-state index contributed by atoms with van der Waals surface area (Å²) in [4.78, 5) is 37.9. The summed E-state index contributed by atoms with van der Waals surface area (Å²) in [6.07, 6.45) is 0.876. The highest BCUT2D eigenvalue weighted by atomic mass is 19.4. The lowest BCUT2D eigenvalue weighted by Crippen LogP contribution is -2.47. The lowest BCUT2D eigenvalue weighted by molar-refractivity contribution is -0.136. The molecule has 2 fully saturated rings. The Morgan fingerprint density at radius 2 is 1.66 bits per heavy atom. The van der Waals surface area contributed by atoms with E-state index < -0.39 is 46.4 Å². The first-order chi connectivity index (χ1) is 20.6. The van der Waals surface area contributed by atoms with Crippen LogP contribution in [0.3, 0.4) is 0 Å². The summed E-state index contributed by atoms with van der Waals surface area (Å²) in [7, 11) is 1.71. The molecule has 238 valence electrons. The summed E-state index contributed by atoms with van der Waals surface area (Å²) in [6, 6.07) is 4.39. The van der Waals surface area contributed by atoms with Crippen molar-refractivity contribution < 1.29 is 32.6 Å². The van der Waals surface area contributed by atoms with Crippen LogP contribution in [-0.2, 0) is 23.6 Å². The summed E-state index contributed by atoms with van der Waals surface area (Å²) in [5.74, 6) is -1.14. The number of aliphatic hydroxyl groups is 1. The number of rotatable bonds is 4. The van der Waals surface area contributed by atoms with Crippen molar-refractivity contribution in [3.63, 3.8) is 0 Å². The minimum absolute atomic E-state index is 0.0181. The van der Waals surface area contributed by atoms with E-state index in [0.717, 1.165) is 19.3 Å². The number of benzene rings is 1. The molecule has 3 aromatic rings. The van der Waals surface area contributed by atoms with Crippen molar-refractivity contribution in [1.29, 1.82) is 0 Å². The van der Waals surface area contributed by atoms with Gasteiger partial charge in [-0.3, -0.25) is 9.78 Å². The standard InChI is InChI=1S/C32H40F3N5O4/c1-20-26(28(41)39-13-7-6-8-14-39)27(32(33,34)35)23-17-22(9-10-24(23)37-20)31(43,25-18-36-19-38(25)5)21-11-15-40(16-12-21)29(42)44-30(2,3)4/h9-10,17-19,21,43H,6-8,11-16H2,1-5H3. The maximum atomic E-state index is 14.9. The predicted molar refractivity (Wildman–Crippen MR) is 158 cm³/mol. The van der Waals surface area contributed by atoms with Gasteiger partial charge >= 0.3 is 12.3 Å². The van der Waals surface area contributed by atoms with Gasteiger partial charge in [0.1, 0.15) is 11.2 Å². The third-order valence-electron chi connectivity index (χ3n) is 8.69. The quantitative estimate of drug-likeness (QED) is 0.398. The number of alkyl halides is 3. The van der Waals surface area contributed by atoms with E-state index in [0.29, 0.717) is 44.7 Å². The summed E-state index contributed by atoms with van der Waals surface area (Å²) in [5.41, 5.74) is -3.15. The average molecular weight is 616 g/mol. The first-order valence-corrected chi connectivity index (χ1v) is 15.1. The van der Waals surface area contributed by atoms with Crippen LogP contribution in [0.25, 0.3) is 10.9 Å². The van der Waals surface area contributed by atoms with Gasteiger partial charge < -0.3 is 24.2 Å². The minimum Gasteiger partial charge on any atom is -0.444 e. The largest absolute Gasteiger partial charge is 0.444 e. The van der Waals surface area contributed by atoms with E-state index >= 15 is 0 Å². The number of hydrogen-bond donors (Lipinski definition) is 1. The van der Waals surface area contributed by atoms with Gasteiger partial charge in [-0.1, -0.05) is 6.07 Å². The Morgan fingerprint density at radius 1 is 1.00 bits per heavy atom. The van der Waals surface area contributed by atoms with Crippen LogP contribution in [0.1, 0.15) is 85.7 Å². The van der Waals surface area contributed by atoms with Gasteiger partial charge in [-0.15, -0.1) is 0 Å². The molecule has 2 amide bonds. The first kappa shape index (κ1) is 31.7. The highest BCUT2D eigenvalue weighted by molar-refractivity contribution is 6.02. The number of hydrogen-bond acceptors (Lipinski definition) is 6. The van der Waals surface area contributed by atoms with Gasteiger partial charge in [0.2, 0.25) is 0 Å². The van der Waals surface area contributed by atoms with Crippen molar-refractivity contribution in [2.75, 3.05) is 26.2 Å². The number of aryl methyl sites for hydroxylation is 2. The number of likely N-dealkylation sites (tertiary alicyclic amines) is 2. The molecule has 5 rings (SSSR count). The molecule has 9 nitrogen and oxygen atoms in total. The van der Waals surface area contributed by atoms with Gasteiger partial charge in [-0.2, -0.15) is 13.2 Å². The van der Waals surface area contributed by atoms with Gasteiger partial charge in [0.15, 0.2) is 0 Å². The second kappa shape index (κ2) is 11.7. The Morgan fingerprint density at radius 3 is 2.23 bits per heavy atom. The molecule has 2 aliphatic rings. The van der Waals surface area contributed by atoms with Crippen molar-refractivity contribution in [1.82, 2.24) is 24.3 Å². The topological polar surface area (TPSA) is 101 Å². The van der Waals surface area contributed by atoms with Gasteiger partial charge in [0.05, 0.1) is 40.6 Å². The Kier molecular flexibility index (Phi) is 8.43. The molecule has 2 saturated heterocycles. The van der Waals surface area contributed by atoms with Crippen molar-refractivity contribution in [3.05, 3.63) is 58.8 Å². The van der Waals surface area contributed by atoms with Crippen LogP contribution in [0.2, 0.25) is 0 Å². The Labute approximate surface area is 255 Å². The van der Waals surface area contributed by atoms with E-state index in [4.69, 9.17) is 4.74 Å². The lowest BCUT2D eigenvalue weighted by atomic mass is 9.73. The summed E-state index contributed by atoms with van der Waals surface area (Å²) in [6.45, 7) is 8.20. The van der Waals surface area contributed by atoms with Crippen molar-refractivity contribution >= 4 is 22.9 Å². The summed E-state index contributed by atoms with van der Waals surface area (Å²) in [5, 5.41) is 12.3. The monoisotopic (exact) mass is 615 g/mol. The molecule has 0 saturated carbocycles. The van der Waals surface area contributed by atoms with Gasteiger partial charge in [-0.25, -0.2) is 9.78 Å². The molecular formula is C32H40F3N5O4. The third kappa shape index (κ3) is 6.00. The molecule has 1 unspecified atom stereocenters. The molecule has 44 heavy (non-hydrogen) atoms. The maximum Gasteiger partial charge on any atom is 0.417 e. The van der Waals surface area contributed by atoms with Crippen molar-refractivity contribution in [2.24, 2.45) is 13.0 Å². The maximum absolute atomic E-state index is 14.9. The predicted octanol–water partition coefficient (Wildman–Crippen LogP) is 5.80.